The molecule has 0 radical (unpaired) electrons. The molecule has 1 N–H and O–H groups in total. The van der Waals surface area contributed by atoms with Crippen molar-refractivity contribution < 1.29 is 14.1 Å². The van der Waals surface area contributed by atoms with E-state index < -0.39 is 0 Å². The molecule has 3 heterocycles. The summed E-state index contributed by atoms with van der Waals surface area (Å²) in [6, 6.07) is 13.6. The van der Waals surface area contributed by atoms with E-state index in [1.165, 1.54) is 11.3 Å². The number of halogens is 1. The van der Waals surface area contributed by atoms with Crippen LogP contribution in [0.2, 0.25) is 0 Å². The maximum atomic E-state index is 12.9. The highest BCUT2D eigenvalue weighted by molar-refractivity contribution is 9.10. The molecule has 2 aromatic heterocycles. The Morgan fingerprint density at radius 1 is 1.13 bits per heavy atom. The SMILES string of the molecule is Cc1cc(NC(=O)CN2CCN(C(=O)c3ccc(-c4ccc(Br)cc4)s3)CC2)no1. The van der Waals surface area contributed by atoms with Gasteiger partial charge in [0.2, 0.25) is 5.91 Å². The third kappa shape index (κ3) is 4.97. The monoisotopic (exact) mass is 488 g/mol. The van der Waals surface area contributed by atoms with Gasteiger partial charge < -0.3 is 14.7 Å². The number of carbonyl (C=O) groups is 2. The van der Waals surface area contributed by atoms with E-state index in [0.29, 0.717) is 37.8 Å². The Bertz CT molecular complexity index is 1040. The second-order valence-corrected chi connectivity index (χ2v) is 9.11. The van der Waals surface area contributed by atoms with Crippen molar-refractivity contribution in [3.63, 3.8) is 0 Å². The molecule has 0 saturated carbocycles. The predicted octanol–water partition coefficient (Wildman–Crippen LogP) is 3.87. The van der Waals surface area contributed by atoms with Gasteiger partial charge in [-0.05, 0) is 36.8 Å². The molecule has 7 nitrogen and oxygen atoms in total. The van der Waals surface area contributed by atoms with Crippen molar-refractivity contribution in [3.8, 4) is 10.4 Å². The Morgan fingerprint density at radius 3 is 2.53 bits per heavy atom. The number of nitrogens with one attached hydrogen (secondary N) is 1. The molecule has 4 rings (SSSR count). The molecular formula is C21H21BrN4O3S. The first-order valence-corrected chi connectivity index (χ1v) is 11.2. The third-order valence-corrected chi connectivity index (χ3v) is 6.52. The van der Waals surface area contributed by atoms with Crippen LogP contribution in [-0.2, 0) is 4.79 Å². The van der Waals surface area contributed by atoms with E-state index in [4.69, 9.17) is 4.52 Å². The van der Waals surface area contributed by atoms with Gasteiger partial charge in [0.05, 0.1) is 11.4 Å². The number of piperazine rings is 1. The van der Waals surface area contributed by atoms with Crippen molar-refractivity contribution in [1.82, 2.24) is 15.0 Å². The number of hydrogen-bond donors (Lipinski definition) is 1. The molecule has 1 aliphatic heterocycles. The van der Waals surface area contributed by atoms with Gasteiger partial charge in [0, 0.05) is 41.6 Å². The minimum absolute atomic E-state index is 0.0468. The molecule has 0 bridgehead atoms. The minimum atomic E-state index is -0.138. The Kier molecular flexibility index (Phi) is 6.31. The summed E-state index contributed by atoms with van der Waals surface area (Å²) in [5, 5.41) is 6.49. The highest BCUT2D eigenvalue weighted by Gasteiger charge is 2.24. The molecule has 0 spiro atoms. The Balaban J connectivity index is 1.29. The standard InChI is InChI=1S/C21H21BrN4O3S/c1-14-12-19(24-29-14)23-20(27)13-25-8-10-26(11-9-25)21(28)18-7-6-17(30-18)15-2-4-16(22)5-3-15/h2-7,12H,8-11,13H2,1H3,(H,23,24,27). The average Bonchev–Trinajstić information content (AvgIpc) is 3.38. The highest BCUT2D eigenvalue weighted by atomic mass is 79.9. The van der Waals surface area contributed by atoms with Crippen LogP contribution in [0.5, 0.6) is 0 Å². The Hall–Kier alpha value is -2.49. The number of amides is 2. The molecule has 0 atom stereocenters. The first-order valence-electron chi connectivity index (χ1n) is 9.58. The van der Waals surface area contributed by atoms with Crippen LogP contribution in [0.4, 0.5) is 5.82 Å². The molecule has 1 aliphatic rings. The summed E-state index contributed by atoms with van der Waals surface area (Å²) in [6.45, 7) is 4.54. The van der Waals surface area contributed by atoms with Gasteiger partial charge in [0.15, 0.2) is 5.82 Å². The number of benzene rings is 1. The Morgan fingerprint density at radius 2 is 1.87 bits per heavy atom. The van der Waals surface area contributed by atoms with Gasteiger partial charge in [0.25, 0.3) is 5.91 Å². The van der Waals surface area contributed by atoms with Crippen molar-refractivity contribution >= 4 is 44.9 Å². The molecule has 156 valence electrons. The minimum Gasteiger partial charge on any atom is -0.360 e. The second-order valence-electron chi connectivity index (χ2n) is 7.11. The van der Waals surface area contributed by atoms with E-state index in [9.17, 15) is 9.59 Å². The fourth-order valence-corrected chi connectivity index (χ4v) is 4.54. The van der Waals surface area contributed by atoms with E-state index >= 15 is 0 Å². The predicted molar refractivity (Wildman–Crippen MR) is 120 cm³/mol. The van der Waals surface area contributed by atoms with Crippen molar-refractivity contribution in [2.45, 2.75) is 6.92 Å². The normalized spacial score (nSPS) is 14.7. The molecule has 30 heavy (non-hydrogen) atoms. The van der Waals surface area contributed by atoms with Crippen LogP contribution >= 0.6 is 27.3 Å². The lowest BCUT2D eigenvalue weighted by molar-refractivity contribution is -0.117. The lowest BCUT2D eigenvalue weighted by Crippen LogP contribution is -2.50. The third-order valence-electron chi connectivity index (χ3n) is 4.87. The van der Waals surface area contributed by atoms with Crippen molar-refractivity contribution in [2.24, 2.45) is 0 Å². The summed E-state index contributed by atoms with van der Waals surface area (Å²) < 4.78 is 5.98. The Labute approximate surface area is 186 Å². The molecular weight excluding hydrogens is 468 g/mol. The highest BCUT2D eigenvalue weighted by Crippen LogP contribution is 2.30. The van der Waals surface area contributed by atoms with Crippen molar-refractivity contribution in [2.75, 3.05) is 38.0 Å². The molecule has 1 saturated heterocycles. The number of carbonyl (C=O) groups excluding carboxylic acids is 2. The zero-order valence-electron chi connectivity index (χ0n) is 16.4. The summed E-state index contributed by atoms with van der Waals surface area (Å²) in [5.74, 6) is 0.978. The summed E-state index contributed by atoms with van der Waals surface area (Å²) in [7, 11) is 0. The smallest absolute Gasteiger partial charge is 0.264 e. The topological polar surface area (TPSA) is 78.7 Å². The zero-order chi connectivity index (χ0) is 21.1. The van der Waals surface area contributed by atoms with Crippen molar-refractivity contribution in [1.29, 1.82) is 0 Å². The van der Waals surface area contributed by atoms with Crippen LogP contribution in [0.1, 0.15) is 15.4 Å². The lowest BCUT2D eigenvalue weighted by atomic mass is 10.2. The summed E-state index contributed by atoms with van der Waals surface area (Å²) in [5.41, 5.74) is 1.10. The van der Waals surface area contributed by atoms with Crippen LogP contribution in [-0.4, -0.2) is 59.5 Å². The lowest BCUT2D eigenvalue weighted by Gasteiger charge is -2.34. The summed E-state index contributed by atoms with van der Waals surface area (Å²) in [6.07, 6.45) is 0. The average molecular weight is 489 g/mol. The number of nitrogens with zero attached hydrogens (tertiary/aromatic N) is 3. The quantitative estimate of drug-likeness (QED) is 0.589. The number of aromatic nitrogens is 1. The van der Waals surface area contributed by atoms with Gasteiger partial charge >= 0.3 is 0 Å². The van der Waals surface area contributed by atoms with Gasteiger partial charge in [-0.25, -0.2) is 0 Å². The van der Waals surface area contributed by atoms with Gasteiger partial charge in [-0.3, -0.25) is 14.5 Å². The molecule has 0 aliphatic carbocycles. The van der Waals surface area contributed by atoms with E-state index in [1.807, 2.05) is 46.2 Å². The first kappa shape index (κ1) is 20.8. The van der Waals surface area contributed by atoms with E-state index in [-0.39, 0.29) is 18.4 Å². The van der Waals surface area contributed by atoms with E-state index in [0.717, 1.165) is 19.8 Å². The molecule has 1 fully saturated rings. The molecule has 2 amide bonds. The number of aryl methyl sites for hydroxylation is 1. The number of hydrogen-bond acceptors (Lipinski definition) is 6. The van der Waals surface area contributed by atoms with Crippen LogP contribution in [0, 0.1) is 6.92 Å². The van der Waals surface area contributed by atoms with E-state index in [2.05, 4.69) is 26.4 Å². The maximum absolute atomic E-state index is 12.9. The van der Waals surface area contributed by atoms with Crippen LogP contribution < -0.4 is 5.32 Å². The number of anilines is 1. The zero-order valence-corrected chi connectivity index (χ0v) is 18.8. The second kappa shape index (κ2) is 9.11. The van der Waals surface area contributed by atoms with Gasteiger partial charge in [0.1, 0.15) is 5.76 Å². The van der Waals surface area contributed by atoms with Crippen LogP contribution in [0.15, 0.2) is 51.5 Å². The van der Waals surface area contributed by atoms with Crippen molar-refractivity contribution in [3.05, 3.63) is 57.6 Å². The molecule has 1 aromatic carbocycles. The molecule has 9 heteroatoms. The fraction of sp³-hybridized carbons (Fsp3) is 0.286. The summed E-state index contributed by atoms with van der Waals surface area (Å²) in [4.78, 5) is 30.8. The fourth-order valence-electron chi connectivity index (χ4n) is 3.30. The van der Waals surface area contributed by atoms with Gasteiger partial charge in [-0.1, -0.05) is 33.2 Å². The first-order chi connectivity index (χ1) is 14.5. The summed E-state index contributed by atoms with van der Waals surface area (Å²) >= 11 is 4.95. The van der Waals surface area contributed by atoms with Crippen LogP contribution in [0.3, 0.4) is 0 Å². The molecule has 0 unspecified atom stereocenters. The van der Waals surface area contributed by atoms with Crippen LogP contribution in [0.25, 0.3) is 10.4 Å². The largest absolute Gasteiger partial charge is 0.360 e. The van der Waals surface area contributed by atoms with Gasteiger partial charge in [-0.15, -0.1) is 11.3 Å². The van der Waals surface area contributed by atoms with Gasteiger partial charge in [-0.2, -0.15) is 0 Å². The number of rotatable bonds is 5. The molecule has 3 aromatic rings. The maximum Gasteiger partial charge on any atom is 0.264 e. The van der Waals surface area contributed by atoms with E-state index in [1.54, 1.807) is 13.0 Å². The number of thiophene rings is 1.